The standard InChI is InChI=1S/C19H20N4OS/c1-13-6-8-15(9-7-13)11-20-17(24)12-23-18(21-22-19(23)25)16-5-3-4-14(2)10-16/h3-10H,11-12H2,1-2H3,(H,20,24)(H,22,25). The summed E-state index contributed by atoms with van der Waals surface area (Å²) in [5.41, 5.74) is 4.32. The summed E-state index contributed by atoms with van der Waals surface area (Å²) in [6.45, 7) is 4.67. The number of hydrogen-bond acceptors (Lipinski definition) is 3. The maximum atomic E-state index is 12.3. The number of amides is 1. The van der Waals surface area contributed by atoms with Gasteiger partial charge in [-0.1, -0.05) is 53.6 Å². The first-order valence-corrected chi connectivity index (χ1v) is 8.48. The molecule has 2 aromatic carbocycles. The lowest BCUT2D eigenvalue weighted by atomic mass is 10.1. The van der Waals surface area contributed by atoms with E-state index in [4.69, 9.17) is 12.2 Å². The van der Waals surface area contributed by atoms with E-state index in [0.717, 1.165) is 16.7 Å². The second kappa shape index (κ2) is 7.44. The average molecular weight is 352 g/mol. The number of aromatic amines is 1. The lowest BCUT2D eigenvalue weighted by Crippen LogP contribution is -2.27. The van der Waals surface area contributed by atoms with E-state index >= 15 is 0 Å². The van der Waals surface area contributed by atoms with Gasteiger partial charge >= 0.3 is 0 Å². The molecule has 1 aromatic heterocycles. The van der Waals surface area contributed by atoms with Crippen molar-refractivity contribution in [2.75, 3.05) is 0 Å². The Balaban J connectivity index is 1.72. The highest BCUT2D eigenvalue weighted by atomic mass is 32.1. The van der Waals surface area contributed by atoms with Crippen molar-refractivity contribution in [2.45, 2.75) is 26.9 Å². The van der Waals surface area contributed by atoms with Gasteiger partial charge in [-0.15, -0.1) is 0 Å². The van der Waals surface area contributed by atoms with E-state index in [-0.39, 0.29) is 12.5 Å². The van der Waals surface area contributed by atoms with E-state index in [2.05, 4.69) is 15.5 Å². The van der Waals surface area contributed by atoms with E-state index in [1.165, 1.54) is 5.56 Å². The zero-order valence-corrected chi connectivity index (χ0v) is 15.1. The highest BCUT2D eigenvalue weighted by Gasteiger charge is 2.12. The average Bonchev–Trinajstić information content (AvgIpc) is 2.95. The highest BCUT2D eigenvalue weighted by Crippen LogP contribution is 2.18. The fourth-order valence-corrected chi connectivity index (χ4v) is 2.77. The van der Waals surface area contributed by atoms with Crippen LogP contribution in [-0.4, -0.2) is 20.7 Å². The SMILES string of the molecule is Cc1ccc(CNC(=O)Cn2c(-c3cccc(C)c3)n[nH]c2=S)cc1. The summed E-state index contributed by atoms with van der Waals surface area (Å²) in [5.74, 6) is 0.561. The molecule has 0 spiro atoms. The van der Waals surface area contributed by atoms with Crippen molar-refractivity contribution in [2.24, 2.45) is 0 Å². The summed E-state index contributed by atoms with van der Waals surface area (Å²) in [5, 5.41) is 9.98. The topological polar surface area (TPSA) is 62.7 Å². The van der Waals surface area contributed by atoms with Crippen LogP contribution in [0.5, 0.6) is 0 Å². The smallest absolute Gasteiger partial charge is 0.240 e. The predicted octanol–water partition coefficient (Wildman–Crippen LogP) is 3.54. The van der Waals surface area contributed by atoms with Crippen molar-refractivity contribution in [3.63, 3.8) is 0 Å². The van der Waals surface area contributed by atoms with Crippen LogP contribution >= 0.6 is 12.2 Å². The van der Waals surface area contributed by atoms with Crippen LogP contribution in [0.2, 0.25) is 0 Å². The van der Waals surface area contributed by atoms with E-state index < -0.39 is 0 Å². The molecule has 3 aromatic rings. The Morgan fingerprint density at radius 2 is 1.92 bits per heavy atom. The first-order valence-electron chi connectivity index (χ1n) is 8.07. The van der Waals surface area contributed by atoms with Crippen molar-refractivity contribution in [3.05, 3.63) is 70.0 Å². The zero-order valence-electron chi connectivity index (χ0n) is 14.2. The van der Waals surface area contributed by atoms with Crippen LogP contribution in [0.15, 0.2) is 48.5 Å². The molecular weight excluding hydrogens is 332 g/mol. The minimum Gasteiger partial charge on any atom is -0.350 e. The Morgan fingerprint density at radius 1 is 1.16 bits per heavy atom. The van der Waals surface area contributed by atoms with Gasteiger partial charge in [-0.05, 0) is 37.7 Å². The largest absolute Gasteiger partial charge is 0.350 e. The number of hydrogen-bond donors (Lipinski definition) is 2. The molecule has 0 fully saturated rings. The van der Waals surface area contributed by atoms with Crippen molar-refractivity contribution < 1.29 is 4.79 Å². The lowest BCUT2D eigenvalue weighted by molar-refractivity contribution is -0.121. The molecule has 0 atom stereocenters. The van der Waals surface area contributed by atoms with Gasteiger partial charge in [0, 0.05) is 12.1 Å². The molecule has 0 saturated carbocycles. The number of nitrogens with one attached hydrogen (secondary N) is 2. The highest BCUT2D eigenvalue weighted by molar-refractivity contribution is 7.71. The molecule has 0 bridgehead atoms. The fourth-order valence-electron chi connectivity index (χ4n) is 2.57. The Labute approximate surface area is 151 Å². The Bertz CT molecular complexity index is 941. The van der Waals surface area contributed by atoms with Gasteiger partial charge < -0.3 is 5.32 Å². The van der Waals surface area contributed by atoms with Crippen LogP contribution in [0.3, 0.4) is 0 Å². The molecule has 0 aliphatic rings. The molecule has 2 N–H and O–H groups in total. The van der Waals surface area contributed by atoms with Crippen molar-refractivity contribution in [1.29, 1.82) is 0 Å². The summed E-state index contributed by atoms with van der Waals surface area (Å²) in [6, 6.07) is 16.0. The van der Waals surface area contributed by atoms with Crippen molar-refractivity contribution in [3.8, 4) is 11.4 Å². The Kier molecular flexibility index (Phi) is 5.09. The molecular formula is C19H20N4OS. The number of nitrogens with zero attached hydrogens (tertiary/aromatic N) is 2. The van der Waals surface area contributed by atoms with Crippen LogP contribution in [0.25, 0.3) is 11.4 Å². The maximum Gasteiger partial charge on any atom is 0.240 e. The molecule has 128 valence electrons. The van der Waals surface area contributed by atoms with E-state index in [9.17, 15) is 4.79 Å². The number of rotatable bonds is 5. The summed E-state index contributed by atoms with van der Waals surface area (Å²) < 4.78 is 2.15. The maximum absolute atomic E-state index is 12.3. The van der Waals surface area contributed by atoms with Crippen LogP contribution in [0.1, 0.15) is 16.7 Å². The van der Waals surface area contributed by atoms with Crippen LogP contribution in [0.4, 0.5) is 0 Å². The molecule has 6 heteroatoms. The first-order chi connectivity index (χ1) is 12.0. The van der Waals surface area contributed by atoms with Crippen LogP contribution in [-0.2, 0) is 17.9 Å². The second-order valence-corrected chi connectivity index (χ2v) is 6.46. The van der Waals surface area contributed by atoms with Crippen LogP contribution < -0.4 is 5.32 Å². The van der Waals surface area contributed by atoms with E-state index in [1.807, 2.05) is 62.4 Å². The summed E-state index contributed by atoms with van der Waals surface area (Å²) >= 11 is 5.28. The number of aryl methyl sites for hydroxylation is 2. The quantitative estimate of drug-likeness (QED) is 0.691. The number of carbonyl (C=O) groups excluding carboxylic acids is 1. The molecule has 0 unspecified atom stereocenters. The number of aromatic nitrogens is 3. The third-order valence-corrected chi connectivity index (χ3v) is 4.26. The van der Waals surface area contributed by atoms with Crippen molar-refractivity contribution >= 4 is 18.1 Å². The normalized spacial score (nSPS) is 10.6. The fraction of sp³-hybridized carbons (Fsp3) is 0.211. The Hall–Kier alpha value is -2.73. The first kappa shape index (κ1) is 17.1. The van der Waals surface area contributed by atoms with Gasteiger partial charge in [-0.25, -0.2) is 0 Å². The van der Waals surface area contributed by atoms with Gasteiger partial charge in [0.15, 0.2) is 10.6 Å². The molecule has 0 radical (unpaired) electrons. The van der Waals surface area contributed by atoms with Crippen LogP contribution in [0, 0.1) is 18.6 Å². The molecule has 0 saturated heterocycles. The molecule has 1 heterocycles. The molecule has 0 aliphatic heterocycles. The summed E-state index contributed by atoms with van der Waals surface area (Å²) in [6.07, 6.45) is 0. The third-order valence-electron chi connectivity index (χ3n) is 3.95. The number of benzene rings is 2. The molecule has 0 aliphatic carbocycles. The molecule has 1 amide bonds. The van der Waals surface area contributed by atoms with Gasteiger partial charge in [-0.3, -0.25) is 14.5 Å². The van der Waals surface area contributed by atoms with Gasteiger partial charge in [-0.2, -0.15) is 5.10 Å². The molecule has 3 rings (SSSR count). The minimum atomic E-state index is -0.105. The number of carbonyl (C=O) groups is 1. The Morgan fingerprint density at radius 3 is 2.64 bits per heavy atom. The third kappa shape index (κ3) is 4.22. The zero-order chi connectivity index (χ0) is 17.8. The minimum absolute atomic E-state index is 0.105. The molecule has 5 nitrogen and oxygen atoms in total. The lowest BCUT2D eigenvalue weighted by Gasteiger charge is -2.09. The molecule has 25 heavy (non-hydrogen) atoms. The van der Waals surface area contributed by atoms with Gasteiger partial charge in [0.2, 0.25) is 5.91 Å². The van der Waals surface area contributed by atoms with Gasteiger partial charge in [0.25, 0.3) is 0 Å². The predicted molar refractivity (Wildman–Crippen MR) is 101 cm³/mol. The summed E-state index contributed by atoms with van der Waals surface area (Å²) in [7, 11) is 0. The number of H-pyrrole nitrogens is 1. The van der Waals surface area contributed by atoms with E-state index in [0.29, 0.717) is 17.1 Å². The van der Waals surface area contributed by atoms with E-state index in [1.54, 1.807) is 4.57 Å². The van der Waals surface area contributed by atoms with Crippen molar-refractivity contribution in [1.82, 2.24) is 20.1 Å². The second-order valence-electron chi connectivity index (χ2n) is 6.07. The van der Waals surface area contributed by atoms with Gasteiger partial charge in [0.05, 0.1) is 0 Å². The monoisotopic (exact) mass is 352 g/mol. The van der Waals surface area contributed by atoms with Gasteiger partial charge in [0.1, 0.15) is 6.54 Å². The summed E-state index contributed by atoms with van der Waals surface area (Å²) in [4.78, 5) is 12.3.